The number of nitrogens with zero attached hydrogens (tertiary/aromatic N) is 3. The molecule has 2 N–H and O–H groups in total. The van der Waals surface area contributed by atoms with Crippen LogP contribution >= 0.6 is 0 Å². The number of nitriles is 3. The van der Waals surface area contributed by atoms with E-state index in [1.54, 1.807) is 0 Å². The van der Waals surface area contributed by atoms with Gasteiger partial charge in [-0.1, -0.05) is 23.8 Å². The van der Waals surface area contributed by atoms with Crippen molar-refractivity contribution in [2.45, 2.75) is 39.5 Å². The molecule has 0 amide bonds. The van der Waals surface area contributed by atoms with Gasteiger partial charge in [0.1, 0.15) is 6.07 Å². The highest BCUT2D eigenvalue weighted by Gasteiger charge is 2.54. The number of allylic oxidation sites excluding steroid dienone is 4. The van der Waals surface area contributed by atoms with E-state index in [2.05, 4.69) is 30.3 Å². The van der Waals surface area contributed by atoms with Gasteiger partial charge in [0, 0.05) is 5.92 Å². The Bertz CT molecular complexity index is 907. The van der Waals surface area contributed by atoms with E-state index in [0.29, 0.717) is 5.57 Å². The van der Waals surface area contributed by atoms with Crippen LogP contribution in [0.25, 0.3) is 0 Å². The molecular formula is C21H20N4. The molecule has 0 fully saturated rings. The van der Waals surface area contributed by atoms with E-state index in [0.717, 1.165) is 40.7 Å². The SMILES string of the molecule is Cc1cc(C)c([C@H]2[C@H]3CCC=C3C(C#N)=C(N)C2(C#N)C#N)c(C)c1. The first-order chi connectivity index (χ1) is 11.9. The lowest BCUT2D eigenvalue weighted by atomic mass is 9.58. The maximum atomic E-state index is 10.00. The van der Waals surface area contributed by atoms with Crippen molar-refractivity contribution in [3.05, 3.63) is 57.3 Å². The number of aryl methyl sites for hydroxylation is 3. The zero-order chi connectivity index (χ0) is 18.4. The molecule has 0 saturated heterocycles. The summed E-state index contributed by atoms with van der Waals surface area (Å²) >= 11 is 0. The largest absolute Gasteiger partial charge is 0.399 e. The molecule has 1 aromatic carbocycles. The van der Waals surface area contributed by atoms with E-state index in [1.165, 1.54) is 0 Å². The minimum Gasteiger partial charge on any atom is -0.399 e. The number of hydrogen-bond acceptors (Lipinski definition) is 4. The Morgan fingerprint density at radius 3 is 2.20 bits per heavy atom. The van der Waals surface area contributed by atoms with E-state index in [9.17, 15) is 15.8 Å². The van der Waals surface area contributed by atoms with Crippen LogP contribution in [0.4, 0.5) is 0 Å². The van der Waals surface area contributed by atoms with Crippen LogP contribution in [0.5, 0.6) is 0 Å². The molecule has 2 aliphatic carbocycles. The fraction of sp³-hybridized carbons (Fsp3) is 0.381. The van der Waals surface area contributed by atoms with Crippen LogP contribution in [0.3, 0.4) is 0 Å². The Balaban J connectivity index is 2.39. The molecule has 0 radical (unpaired) electrons. The lowest BCUT2D eigenvalue weighted by Gasteiger charge is -2.41. The number of nitrogens with two attached hydrogens (primary N) is 1. The molecule has 4 heteroatoms. The molecule has 25 heavy (non-hydrogen) atoms. The predicted octanol–water partition coefficient (Wildman–Crippen LogP) is 3.82. The first-order valence-electron chi connectivity index (χ1n) is 8.42. The summed E-state index contributed by atoms with van der Waals surface area (Å²) in [7, 11) is 0. The average molecular weight is 328 g/mol. The maximum Gasteiger partial charge on any atom is 0.191 e. The van der Waals surface area contributed by atoms with E-state index in [1.807, 2.05) is 26.8 Å². The number of rotatable bonds is 1. The quantitative estimate of drug-likeness (QED) is 0.847. The molecule has 0 unspecified atom stereocenters. The van der Waals surface area contributed by atoms with Gasteiger partial charge in [-0.05, 0) is 61.8 Å². The molecule has 1 aromatic rings. The van der Waals surface area contributed by atoms with Crippen molar-refractivity contribution in [1.82, 2.24) is 0 Å². The third-order valence-electron chi connectivity index (χ3n) is 5.61. The highest BCUT2D eigenvalue weighted by atomic mass is 14.7. The maximum absolute atomic E-state index is 10.00. The predicted molar refractivity (Wildman–Crippen MR) is 94.7 cm³/mol. The van der Waals surface area contributed by atoms with Crippen molar-refractivity contribution in [2.75, 3.05) is 0 Å². The van der Waals surface area contributed by atoms with Gasteiger partial charge in [0.2, 0.25) is 0 Å². The molecule has 0 spiro atoms. The summed E-state index contributed by atoms with van der Waals surface area (Å²) < 4.78 is 0. The van der Waals surface area contributed by atoms with Gasteiger partial charge in [0.25, 0.3) is 0 Å². The Hall–Kier alpha value is -3.03. The Kier molecular flexibility index (Phi) is 3.90. The minimum absolute atomic E-state index is 0.0265. The average Bonchev–Trinajstić information content (AvgIpc) is 3.03. The second-order valence-corrected chi connectivity index (χ2v) is 7.07. The highest BCUT2D eigenvalue weighted by Crippen LogP contribution is 2.57. The zero-order valence-electron chi connectivity index (χ0n) is 14.7. The van der Waals surface area contributed by atoms with Gasteiger partial charge in [0.05, 0.1) is 23.4 Å². The Morgan fingerprint density at radius 2 is 1.68 bits per heavy atom. The van der Waals surface area contributed by atoms with Crippen LogP contribution in [0.2, 0.25) is 0 Å². The minimum atomic E-state index is -1.51. The van der Waals surface area contributed by atoms with Crippen molar-refractivity contribution in [1.29, 1.82) is 15.8 Å². The molecule has 0 saturated carbocycles. The van der Waals surface area contributed by atoms with Crippen LogP contribution in [-0.4, -0.2) is 0 Å². The fourth-order valence-electron chi connectivity index (χ4n) is 4.69. The monoisotopic (exact) mass is 328 g/mol. The lowest BCUT2D eigenvalue weighted by molar-refractivity contribution is 0.343. The molecule has 0 aliphatic heterocycles. The molecule has 3 rings (SSSR count). The van der Waals surface area contributed by atoms with Gasteiger partial charge in [0.15, 0.2) is 5.41 Å². The molecule has 124 valence electrons. The summed E-state index contributed by atoms with van der Waals surface area (Å²) in [5.74, 6) is -0.379. The Morgan fingerprint density at radius 1 is 1.08 bits per heavy atom. The van der Waals surface area contributed by atoms with E-state index in [-0.39, 0.29) is 17.5 Å². The van der Waals surface area contributed by atoms with Gasteiger partial charge >= 0.3 is 0 Å². The third-order valence-corrected chi connectivity index (χ3v) is 5.61. The normalized spacial score (nSPS) is 23.9. The highest BCUT2D eigenvalue weighted by molar-refractivity contribution is 5.61. The number of fused-ring (bicyclic) bond motifs is 1. The van der Waals surface area contributed by atoms with Gasteiger partial charge in [-0.25, -0.2) is 0 Å². The first kappa shape index (κ1) is 16.8. The van der Waals surface area contributed by atoms with Crippen LogP contribution < -0.4 is 5.73 Å². The van der Waals surface area contributed by atoms with Gasteiger partial charge < -0.3 is 5.73 Å². The fourth-order valence-corrected chi connectivity index (χ4v) is 4.69. The molecule has 0 bridgehead atoms. The zero-order valence-corrected chi connectivity index (χ0v) is 14.7. The lowest BCUT2D eigenvalue weighted by Crippen LogP contribution is -2.41. The second kappa shape index (κ2) is 5.80. The summed E-state index contributed by atoms with van der Waals surface area (Å²) in [6, 6.07) is 10.7. The number of benzene rings is 1. The summed E-state index contributed by atoms with van der Waals surface area (Å²) in [6.07, 6.45) is 3.71. The topological polar surface area (TPSA) is 97.4 Å². The van der Waals surface area contributed by atoms with Crippen LogP contribution in [0, 0.1) is 66.1 Å². The smallest absolute Gasteiger partial charge is 0.191 e. The molecule has 2 aliphatic rings. The van der Waals surface area contributed by atoms with Crippen molar-refractivity contribution >= 4 is 0 Å². The summed E-state index contributed by atoms with van der Waals surface area (Å²) in [6.45, 7) is 6.08. The van der Waals surface area contributed by atoms with Crippen molar-refractivity contribution < 1.29 is 0 Å². The number of hydrogen-bond donors (Lipinski definition) is 1. The first-order valence-corrected chi connectivity index (χ1v) is 8.42. The standard InChI is InChI=1S/C21H20N4/c1-12-7-13(2)18(14(3)8-12)19-16-6-4-5-15(16)17(9-22)20(25)21(19,10-23)11-24/h5,7-8,16,19H,4,6,25H2,1-3H3/t16-,19+/m0/s1. The van der Waals surface area contributed by atoms with Crippen molar-refractivity contribution in [3.8, 4) is 18.2 Å². The molecular weight excluding hydrogens is 308 g/mol. The van der Waals surface area contributed by atoms with Crippen LogP contribution in [-0.2, 0) is 0 Å². The van der Waals surface area contributed by atoms with Crippen molar-refractivity contribution in [2.24, 2.45) is 17.1 Å². The van der Waals surface area contributed by atoms with E-state index >= 15 is 0 Å². The van der Waals surface area contributed by atoms with Gasteiger partial charge in [-0.15, -0.1) is 0 Å². The second-order valence-electron chi connectivity index (χ2n) is 7.07. The van der Waals surface area contributed by atoms with Crippen LogP contribution in [0.1, 0.15) is 41.0 Å². The van der Waals surface area contributed by atoms with Crippen LogP contribution in [0.15, 0.2) is 35.1 Å². The molecule has 0 heterocycles. The summed E-state index contributed by atoms with van der Waals surface area (Å²) in [5, 5.41) is 29.6. The Labute approximate surface area is 148 Å². The molecule has 2 atom stereocenters. The van der Waals surface area contributed by atoms with Crippen molar-refractivity contribution in [3.63, 3.8) is 0 Å². The molecule has 0 aromatic heterocycles. The third kappa shape index (κ3) is 2.17. The van der Waals surface area contributed by atoms with E-state index in [4.69, 9.17) is 5.73 Å². The van der Waals surface area contributed by atoms with Gasteiger partial charge in [-0.2, -0.15) is 15.8 Å². The van der Waals surface area contributed by atoms with E-state index < -0.39 is 5.41 Å². The summed E-state index contributed by atoms with van der Waals surface area (Å²) in [5.41, 5.74) is 10.4. The molecule has 4 nitrogen and oxygen atoms in total. The van der Waals surface area contributed by atoms with Gasteiger partial charge in [-0.3, -0.25) is 0 Å². The summed E-state index contributed by atoms with van der Waals surface area (Å²) in [4.78, 5) is 0.